The zero-order valence-electron chi connectivity index (χ0n) is 19.0. The van der Waals surface area contributed by atoms with Crippen LogP contribution in [0.4, 0.5) is 11.6 Å². The van der Waals surface area contributed by atoms with E-state index in [0.29, 0.717) is 5.95 Å². The highest BCUT2D eigenvalue weighted by molar-refractivity contribution is 5.80. The van der Waals surface area contributed by atoms with Gasteiger partial charge in [0.1, 0.15) is 0 Å². The number of aromatic nitrogens is 2. The van der Waals surface area contributed by atoms with Crippen molar-refractivity contribution in [2.45, 2.75) is 25.5 Å². The van der Waals surface area contributed by atoms with Crippen molar-refractivity contribution >= 4 is 28.8 Å². The lowest BCUT2D eigenvalue weighted by Gasteiger charge is -2.31. The average molecular weight is 441 g/mol. The van der Waals surface area contributed by atoms with Gasteiger partial charge in [-0.15, -0.1) is 6.42 Å². The first kappa shape index (κ1) is 21.4. The number of benzene rings is 2. The largest absolute Gasteiger partial charge is 0.376 e. The van der Waals surface area contributed by atoms with Crippen molar-refractivity contribution in [3.8, 4) is 12.3 Å². The van der Waals surface area contributed by atoms with Crippen molar-refractivity contribution in [3.05, 3.63) is 59.3 Å². The molecular formula is C26H28N6O. The summed E-state index contributed by atoms with van der Waals surface area (Å²) in [6.45, 7) is 6.54. The predicted octanol–water partition coefficient (Wildman–Crippen LogP) is 3.59. The molecule has 0 aliphatic carbocycles. The summed E-state index contributed by atoms with van der Waals surface area (Å²) in [5.41, 5.74) is 5.15. The van der Waals surface area contributed by atoms with Gasteiger partial charge in [0.05, 0.1) is 18.2 Å². The standard InChI is InChI=1S/C26H28N6O/c1-4-19-5-6-25-22(9-19)13-27-26(30-25)29-24-11-20(16-32-7-8-33-18(2)15-32)10-21(12-24)23-14-28-31(3)17-23/h1,5-6,9-14,18,23H,7-8,15-17H2,2-3H3,(H,27,29,30). The Hall–Kier alpha value is -3.47. The van der Waals surface area contributed by atoms with Crippen molar-refractivity contribution < 1.29 is 4.74 Å². The zero-order valence-corrected chi connectivity index (χ0v) is 19.0. The van der Waals surface area contributed by atoms with Gasteiger partial charge in [-0.25, -0.2) is 9.97 Å². The van der Waals surface area contributed by atoms with Gasteiger partial charge in [-0.05, 0) is 48.4 Å². The molecule has 3 heterocycles. The number of morpholine rings is 1. The smallest absolute Gasteiger partial charge is 0.227 e. The third-order valence-corrected chi connectivity index (χ3v) is 6.08. The molecule has 7 nitrogen and oxygen atoms in total. The van der Waals surface area contributed by atoms with E-state index in [1.807, 2.05) is 42.7 Å². The first-order valence-electron chi connectivity index (χ1n) is 11.3. The average Bonchev–Trinajstić information content (AvgIpc) is 3.25. The van der Waals surface area contributed by atoms with Crippen molar-refractivity contribution in [1.82, 2.24) is 19.9 Å². The third-order valence-electron chi connectivity index (χ3n) is 6.08. The highest BCUT2D eigenvalue weighted by Crippen LogP contribution is 2.27. The molecule has 2 unspecified atom stereocenters. The van der Waals surface area contributed by atoms with E-state index in [9.17, 15) is 0 Å². The summed E-state index contributed by atoms with van der Waals surface area (Å²) in [5.74, 6) is 3.48. The number of nitrogens with one attached hydrogen (secondary N) is 1. The van der Waals surface area contributed by atoms with Crippen LogP contribution in [0.3, 0.4) is 0 Å². The maximum absolute atomic E-state index is 5.71. The molecule has 0 bridgehead atoms. The lowest BCUT2D eigenvalue weighted by atomic mass is 9.97. The summed E-state index contributed by atoms with van der Waals surface area (Å²) >= 11 is 0. The first-order chi connectivity index (χ1) is 16.1. The molecule has 0 amide bonds. The summed E-state index contributed by atoms with van der Waals surface area (Å²) in [7, 11) is 2.00. The van der Waals surface area contributed by atoms with Gasteiger partial charge in [-0.2, -0.15) is 5.10 Å². The number of terminal acetylenes is 1. The van der Waals surface area contributed by atoms with Crippen LogP contribution >= 0.6 is 0 Å². The molecule has 0 radical (unpaired) electrons. The normalized spacial score (nSPS) is 20.8. The first-order valence-corrected chi connectivity index (χ1v) is 11.3. The van der Waals surface area contributed by atoms with Crippen LogP contribution in [-0.2, 0) is 11.3 Å². The van der Waals surface area contributed by atoms with Gasteiger partial charge in [0.15, 0.2) is 0 Å². The van der Waals surface area contributed by atoms with Crippen LogP contribution in [0.25, 0.3) is 10.9 Å². The Morgan fingerprint density at radius 2 is 2.12 bits per heavy atom. The number of nitrogens with zero attached hydrogens (tertiary/aromatic N) is 5. The Morgan fingerprint density at radius 1 is 1.21 bits per heavy atom. The van der Waals surface area contributed by atoms with Crippen LogP contribution < -0.4 is 5.32 Å². The molecule has 3 aromatic rings. The van der Waals surface area contributed by atoms with Crippen molar-refractivity contribution in [3.63, 3.8) is 0 Å². The Balaban J connectivity index is 1.43. The number of rotatable bonds is 5. The van der Waals surface area contributed by atoms with Gasteiger partial charge in [-0.1, -0.05) is 12.0 Å². The van der Waals surface area contributed by atoms with Crippen LogP contribution in [0.5, 0.6) is 0 Å². The van der Waals surface area contributed by atoms with E-state index in [-0.39, 0.29) is 12.0 Å². The van der Waals surface area contributed by atoms with Crippen LogP contribution in [0, 0.1) is 12.3 Å². The molecule has 1 saturated heterocycles. The van der Waals surface area contributed by atoms with Crippen LogP contribution in [0.1, 0.15) is 29.5 Å². The van der Waals surface area contributed by atoms with Gasteiger partial charge in [-0.3, -0.25) is 9.91 Å². The maximum atomic E-state index is 5.71. The lowest BCUT2D eigenvalue weighted by Crippen LogP contribution is -2.40. The van der Waals surface area contributed by atoms with Gasteiger partial charge in [0.25, 0.3) is 0 Å². The number of likely N-dealkylation sites (N-methyl/N-ethyl adjacent to an activating group) is 1. The molecule has 2 aliphatic rings. The summed E-state index contributed by atoms with van der Waals surface area (Å²) < 4.78 is 5.71. The van der Waals surface area contributed by atoms with E-state index in [0.717, 1.165) is 54.9 Å². The van der Waals surface area contributed by atoms with E-state index >= 15 is 0 Å². The molecule has 1 aromatic heterocycles. The van der Waals surface area contributed by atoms with Gasteiger partial charge in [0.2, 0.25) is 5.95 Å². The third kappa shape index (κ3) is 4.98. The van der Waals surface area contributed by atoms with Crippen molar-refractivity contribution in [2.24, 2.45) is 5.10 Å². The number of anilines is 2. The molecule has 1 fully saturated rings. The van der Waals surface area contributed by atoms with Gasteiger partial charge in [0, 0.05) is 68.2 Å². The molecule has 2 aromatic carbocycles. The molecule has 1 N–H and O–H groups in total. The van der Waals surface area contributed by atoms with Crippen molar-refractivity contribution in [1.29, 1.82) is 0 Å². The fourth-order valence-corrected chi connectivity index (χ4v) is 4.47. The highest BCUT2D eigenvalue weighted by atomic mass is 16.5. The second-order valence-electron chi connectivity index (χ2n) is 8.83. The molecule has 0 spiro atoms. The maximum Gasteiger partial charge on any atom is 0.227 e. The molecule has 2 aliphatic heterocycles. The number of ether oxygens (including phenoxy) is 1. The van der Waals surface area contributed by atoms with E-state index < -0.39 is 0 Å². The molecule has 2 atom stereocenters. The number of hydrazone groups is 1. The lowest BCUT2D eigenvalue weighted by molar-refractivity contribution is -0.0212. The minimum Gasteiger partial charge on any atom is -0.376 e. The molecule has 33 heavy (non-hydrogen) atoms. The zero-order chi connectivity index (χ0) is 22.8. The van der Waals surface area contributed by atoms with E-state index in [2.05, 4.69) is 56.3 Å². The number of fused-ring (bicyclic) bond motifs is 1. The Morgan fingerprint density at radius 3 is 2.91 bits per heavy atom. The topological polar surface area (TPSA) is 65.9 Å². The molecule has 5 rings (SSSR count). The van der Waals surface area contributed by atoms with Crippen molar-refractivity contribution in [2.75, 3.05) is 38.6 Å². The minimum atomic E-state index is 0.260. The van der Waals surface area contributed by atoms with E-state index in [1.165, 1.54) is 11.1 Å². The fourth-order valence-electron chi connectivity index (χ4n) is 4.47. The summed E-state index contributed by atoms with van der Waals surface area (Å²) in [5, 5.41) is 10.8. The predicted molar refractivity (Wildman–Crippen MR) is 132 cm³/mol. The summed E-state index contributed by atoms with van der Waals surface area (Å²) in [6.07, 6.45) is 9.60. The summed E-state index contributed by atoms with van der Waals surface area (Å²) in [4.78, 5) is 11.7. The monoisotopic (exact) mass is 440 g/mol. The Bertz CT molecular complexity index is 1230. The SMILES string of the molecule is C#Cc1ccc2nc(Nc3cc(CN4CCOC(C)C4)cc(C4C=NN(C)C4)c3)ncc2c1. The van der Waals surface area contributed by atoms with Crippen LogP contribution in [-0.4, -0.2) is 65.5 Å². The van der Waals surface area contributed by atoms with Crippen LogP contribution in [0.2, 0.25) is 0 Å². The Labute approximate surface area is 194 Å². The second-order valence-corrected chi connectivity index (χ2v) is 8.83. The summed E-state index contributed by atoms with van der Waals surface area (Å²) in [6, 6.07) is 12.4. The van der Waals surface area contributed by atoms with Gasteiger partial charge >= 0.3 is 0 Å². The quantitative estimate of drug-likeness (QED) is 0.612. The number of hydrogen-bond donors (Lipinski definition) is 1. The molecule has 168 valence electrons. The minimum absolute atomic E-state index is 0.260. The fraction of sp³-hybridized carbons (Fsp3) is 0.346. The Kier molecular flexibility index (Phi) is 5.95. The second kappa shape index (κ2) is 9.18. The van der Waals surface area contributed by atoms with Crippen LogP contribution in [0.15, 0.2) is 47.7 Å². The van der Waals surface area contributed by atoms with Gasteiger partial charge < -0.3 is 10.1 Å². The molecular weight excluding hydrogens is 412 g/mol. The number of hydrogen-bond acceptors (Lipinski definition) is 7. The van der Waals surface area contributed by atoms with E-state index in [4.69, 9.17) is 11.2 Å². The molecule has 0 saturated carbocycles. The molecule has 7 heteroatoms. The van der Waals surface area contributed by atoms with E-state index in [1.54, 1.807) is 0 Å². The highest BCUT2D eigenvalue weighted by Gasteiger charge is 2.20.